The summed E-state index contributed by atoms with van der Waals surface area (Å²) >= 11 is 0.0361. The molecule has 0 radical (unpaired) electrons. The lowest BCUT2D eigenvalue weighted by molar-refractivity contribution is 0.301. The molecular weight excluding hydrogens is 859 g/mol. The Morgan fingerprint density at radius 1 is 0.379 bits per heavy atom. The highest BCUT2D eigenvalue weighted by molar-refractivity contribution is 7.90. The minimum atomic E-state index is -7.22. The third kappa shape index (κ3) is 6.54. The monoisotopic (exact) mass is 872 g/mol. The lowest BCUT2D eigenvalue weighted by Crippen LogP contribution is -2.81. The summed E-state index contributed by atoms with van der Waals surface area (Å²) in [5.74, 6) is -71.4. The summed E-state index contributed by atoms with van der Waals surface area (Å²) in [4.78, 5) is 0. The first kappa shape index (κ1) is 43.9. The third-order valence-electron chi connectivity index (χ3n) is 8.76. The summed E-state index contributed by atoms with van der Waals surface area (Å²) in [5.41, 5.74) is -11.7. The number of rotatable bonds is 6. The molecule has 0 N–H and O–H groups in total. The maximum absolute atomic E-state index is 15.4. The minimum Gasteiger partial charge on any atom is -0.207 e. The van der Waals surface area contributed by atoms with Crippen LogP contribution < -0.4 is 21.9 Å². The first-order chi connectivity index (χ1) is 27.0. The topological polar surface area (TPSA) is 9.23 Å². The molecule has 1 aliphatic rings. The van der Waals surface area contributed by atoms with E-state index in [9.17, 15) is 52.7 Å². The van der Waals surface area contributed by atoms with Crippen LogP contribution in [-0.4, -0.2) is 18.7 Å². The number of hydrogen-bond donors (Lipinski definition) is 0. The molecule has 23 heteroatoms. The number of halogens is 20. The highest BCUT2D eigenvalue weighted by atomic mass is 32.2. The number of fused-ring (bicyclic) bond motifs is 1. The first-order valence-corrected chi connectivity index (χ1v) is 17.2. The zero-order chi connectivity index (χ0) is 43.6. The van der Waals surface area contributed by atoms with Crippen LogP contribution in [0.3, 0.4) is 0 Å². The lowest BCUT2D eigenvalue weighted by atomic mass is 9.12. The van der Waals surface area contributed by atoms with Crippen LogP contribution in [0.2, 0.25) is 0 Å². The molecule has 58 heavy (non-hydrogen) atoms. The lowest BCUT2D eigenvalue weighted by Gasteiger charge is -2.44. The molecule has 5 aromatic carbocycles. The van der Waals surface area contributed by atoms with Crippen molar-refractivity contribution in [1.82, 2.24) is 0 Å². The Bertz CT molecular complexity index is 2160. The molecule has 1 aliphatic carbocycles. The van der Waals surface area contributed by atoms with E-state index >= 15 is 35.1 Å². The van der Waals surface area contributed by atoms with E-state index in [1.165, 1.54) is 11.1 Å². The Balaban J connectivity index is 0.000000414. The maximum Gasteiger partial charge on any atom is 0.200 e. The predicted molar refractivity (Wildman–Crippen MR) is 168 cm³/mol. The van der Waals surface area contributed by atoms with Crippen molar-refractivity contribution in [2.45, 2.75) is 6.10 Å². The molecule has 0 amide bonds. The van der Waals surface area contributed by atoms with Crippen molar-refractivity contribution in [3.63, 3.8) is 0 Å². The van der Waals surface area contributed by atoms with E-state index in [0.717, 1.165) is 0 Å². The van der Waals surface area contributed by atoms with Crippen molar-refractivity contribution in [1.29, 1.82) is 0 Å². The molecular formula is C35H13BF20OS. The van der Waals surface area contributed by atoms with Crippen LogP contribution in [0.1, 0.15) is 17.2 Å². The van der Waals surface area contributed by atoms with E-state index in [0.29, 0.717) is 0 Å². The predicted octanol–water partition coefficient (Wildman–Crippen LogP) is 8.41. The highest BCUT2D eigenvalue weighted by Gasteiger charge is 2.52. The van der Waals surface area contributed by atoms with Crippen LogP contribution in [0.5, 0.6) is 0 Å². The Kier molecular flexibility index (Phi) is 12.0. The van der Waals surface area contributed by atoms with Gasteiger partial charge in [-0.3, -0.25) is 0 Å². The first-order valence-electron chi connectivity index (χ1n) is 15.2. The van der Waals surface area contributed by atoms with Gasteiger partial charge in [0.15, 0.2) is 75.9 Å². The van der Waals surface area contributed by atoms with E-state index < -0.39 is 144 Å². The van der Waals surface area contributed by atoms with Gasteiger partial charge in [-0.15, -0.1) is 21.9 Å². The largest absolute Gasteiger partial charge is 0.207 e. The molecule has 0 spiro atoms. The Labute approximate surface area is 313 Å². The van der Waals surface area contributed by atoms with Crippen LogP contribution in [0.4, 0.5) is 87.8 Å². The van der Waals surface area contributed by atoms with E-state index in [1.54, 1.807) is 0 Å². The summed E-state index contributed by atoms with van der Waals surface area (Å²) in [5, 5.41) is 0. The normalized spacial score (nSPS) is 13.7. The number of benzene rings is 5. The average Bonchev–Trinajstić information content (AvgIpc) is 3.59. The molecule has 0 bridgehead atoms. The summed E-state index contributed by atoms with van der Waals surface area (Å²) < 4.78 is 300. The zero-order valence-electron chi connectivity index (χ0n) is 28.0. The second-order valence-electron chi connectivity index (χ2n) is 12.0. The molecule has 0 fully saturated rings. The summed E-state index contributed by atoms with van der Waals surface area (Å²) in [6, 6.07) is 8.38. The molecule has 5 aromatic rings. The van der Waals surface area contributed by atoms with Gasteiger partial charge in [0.2, 0.25) is 0 Å². The molecule has 0 heterocycles. The summed E-state index contributed by atoms with van der Waals surface area (Å²) in [6.07, 6.45) is 1.40. The fourth-order valence-corrected chi connectivity index (χ4v) is 6.96. The van der Waals surface area contributed by atoms with Gasteiger partial charge in [-0.05, 0) is 17.2 Å². The van der Waals surface area contributed by atoms with E-state index in [4.69, 9.17) is 4.18 Å². The quantitative estimate of drug-likeness (QED) is 0.0548. The van der Waals surface area contributed by atoms with Crippen molar-refractivity contribution in [3.8, 4) is 0 Å². The summed E-state index contributed by atoms with van der Waals surface area (Å²) in [6.45, 7) is 0. The molecule has 0 saturated heterocycles. The highest BCUT2D eigenvalue weighted by Crippen LogP contribution is 2.33. The standard InChI is InChI=1S/C24BF20.C11H13OS/c26-5-1(6(27)14(35)21(42)13(5)34)25(2-7(28)15(36)22(43)16(37)8(2)29,3-9(30)17(38)23(44)18(39)10(3)31)4-11(32)19(40)24(45)20(41)12(4)33;1-13(2)12-11-8-7-9-5-3-4-6-10(9)11/h;3-8,11H,1-2H3/q-1;+1. The van der Waals surface area contributed by atoms with Gasteiger partial charge in [0.05, 0.1) is 0 Å². The van der Waals surface area contributed by atoms with Crippen molar-refractivity contribution in [2.75, 3.05) is 12.5 Å². The number of hydrogen-bond acceptors (Lipinski definition) is 1. The molecule has 0 saturated carbocycles. The minimum absolute atomic E-state index is 0.0361. The zero-order valence-corrected chi connectivity index (χ0v) is 28.8. The second kappa shape index (κ2) is 15.9. The Morgan fingerprint density at radius 3 is 0.879 bits per heavy atom. The maximum atomic E-state index is 15.4. The van der Waals surface area contributed by atoms with Crippen molar-refractivity contribution < 1.29 is 92.0 Å². The van der Waals surface area contributed by atoms with Crippen LogP contribution in [0, 0.1) is 116 Å². The van der Waals surface area contributed by atoms with Gasteiger partial charge in [-0.1, -0.05) is 30.3 Å². The van der Waals surface area contributed by atoms with Gasteiger partial charge in [0.25, 0.3) is 0 Å². The van der Waals surface area contributed by atoms with Gasteiger partial charge in [-0.25, -0.2) is 87.8 Å². The average molecular weight is 872 g/mol. The van der Waals surface area contributed by atoms with Crippen molar-refractivity contribution in [3.05, 3.63) is 158 Å². The van der Waals surface area contributed by atoms with Crippen LogP contribution in [0.15, 0.2) is 30.3 Å². The van der Waals surface area contributed by atoms with Gasteiger partial charge >= 0.3 is 0 Å². The fourth-order valence-electron chi connectivity index (χ4n) is 6.38. The molecule has 0 aromatic heterocycles. The van der Waals surface area contributed by atoms with E-state index in [-0.39, 0.29) is 17.3 Å². The fraction of sp³-hybridized carbons (Fsp3) is 0.0857. The van der Waals surface area contributed by atoms with Gasteiger partial charge in [0, 0.05) is 0 Å². The Morgan fingerprint density at radius 2 is 0.621 bits per heavy atom. The van der Waals surface area contributed by atoms with Crippen LogP contribution in [-0.2, 0) is 15.4 Å². The third-order valence-corrected chi connectivity index (χ3v) is 9.35. The SMILES string of the molecule is C[S+](C)OC1C=Cc2ccccc21.Fc1c(F)c(F)c([B-](c2c(F)c(F)c(F)c(F)c2F)(c2c(F)c(F)c(F)c(F)c2F)c2c(F)c(F)c(F)c(F)c2F)c(F)c1F. The molecule has 1 unspecified atom stereocenters. The molecule has 6 rings (SSSR count). The van der Waals surface area contributed by atoms with Crippen molar-refractivity contribution >= 4 is 45.2 Å². The summed E-state index contributed by atoms with van der Waals surface area (Å²) in [7, 11) is 0. The van der Waals surface area contributed by atoms with Crippen molar-refractivity contribution in [2.24, 2.45) is 0 Å². The van der Waals surface area contributed by atoms with Crippen LogP contribution >= 0.6 is 0 Å². The smallest absolute Gasteiger partial charge is 0.200 e. The van der Waals surface area contributed by atoms with Gasteiger partial charge in [-0.2, -0.15) is 4.18 Å². The molecule has 1 atom stereocenters. The Hall–Kier alpha value is -5.19. The molecule has 308 valence electrons. The van der Waals surface area contributed by atoms with Gasteiger partial charge < -0.3 is 0 Å². The van der Waals surface area contributed by atoms with E-state index in [2.05, 4.69) is 48.9 Å². The van der Waals surface area contributed by atoms with Crippen LogP contribution in [0.25, 0.3) is 6.08 Å². The van der Waals surface area contributed by atoms with Gasteiger partial charge in [0.1, 0.15) is 76.4 Å². The van der Waals surface area contributed by atoms with E-state index in [1.807, 2.05) is 0 Å². The second-order valence-corrected chi connectivity index (χ2v) is 13.7. The molecule has 1 nitrogen and oxygen atoms in total. The molecule has 0 aliphatic heterocycles.